The van der Waals surface area contributed by atoms with Gasteiger partial charge in [0, 0.05) is 24.7 Å². The number of carbonyl (C=O) groups is 2. The van der Waals surface area contributed by atoms with Gasteiger partial charge in [-0.15, -0.1) is 0 Å². The molecule has 0 spiro atoms. The number of anilines is 1. The van der Waals surface area contributed by atoms with E-state index in [1.54, 1.807) is 12.1 Å². The van der Waals surface area contributed by atoms with Crippen LogP contribution in [0.1, 0.15) is 56.6 Å². The molecule has 0 heterocycles. The molecule has 0 radical (unpaired) electrons. The molecule has 1 fully saturated rings. The van der Waals surface area contributed by atoms with Crippen LogP contribution in [0.5, 0.6) is 23.0 Å². The Kier molecular flexibility index (Phi) is 12.6. The standard InChI is InChI=1S/C36H47N3O8S/c1-7-30(36(41)37-27-15-9-8-10-16-27)38(23-26-14-12-11-13-25(26)2)35(40)24-39(31-21-28(44-3)17-19-32(31)45-4)48(42,43)29-18-20-33(46-5)34(22-29)47-6/h11-14,17-22,27,30H,7-10,15-16,23-24H2,1-6H3,(H,37,41). The van der Waals surface area contributed by atoms with Crippen molar-refractivity contribution in [2.45, 2.75) is 75.9 Å². The van der Waals surface area contributed by atoms with Crippen LogP contribution in [0.4, 0.5) is 5.69 Å². The van der Waals surface area contributed by atoms with Gasteiger partial charge in [0.05, 0.1) is 39.0 Å². The lowest BCUT2D eigenvalue weighted by Gasteiger charge is -2.35. The fourth-order valence-corrected chi connectivity index (χ4v) is 7.48. The Morgan fingerprint density at radius 1 is 0.854 bits per heavy atom. The summed E-state index contributed by atoms with van der Waals surface area (Å²) < 4.78 is 51.9. The number of aryl methyl sites for hydroxylation is 1. The van der Waals surface area contributed by atoms with Crippen molar-refractivity contribution in [3.63, 3.8) is 0 Å². The normalized spacial score (nSPS) is 14.0. The molecule has 0 saturated heterocycles. The van der Waals surface area contributed by atoms with E-state index < -0.39 is 28.5 Å². The fourth-order valence-electron chi connectivity index (χ4n) is 6.04. The number of methoxy groups -OCH3 is 4. The maximum Gasteiger partial charge on any atom is 0.265 e. The predicted octanol–water partition coefficient (Wildman–Crippen LogP) is 5.48. The molecule has 0 bridgehead atoms. The van der Waals surface area contributed by atoms with Crippen molar-refractivity contribution in [1.29, 1.82) is 0 Å². The number of benzene rings is 3. The first-order valence-corrected chi connectivity index (χ1v) is 17.6. The van der Waals surface area contributed by atoms with Crippen LogP contribution in [-0.4, -0.2) is 72.2 Å². The van der Waals surface area contributed by atoms with Crippen LogP contribution in [0.25, 0.3) is 0 Å². The van der Waals surface area contributed by atoms with Gasteiger partial charge < -0.3 is 29.2 Å². The highest BCUT2D eigenvalue weighted by Crippen LogP contribution is 2.38. The zero-order chi connectivity index (χ0) is 34.8. The van der Waals surface area contributed by atoms with E-state index in [9.17, 15) is 18.0 Å². The summed E-state index contributed by atoms with van der Waals surface area (Å²) in [5.41, 5.74) is 1.89. The smallest absolute Gasteiger partial charge is 0.265 e. The molecule has 12 heteroatoms. The summed E-state index contributed by atoms with van der Waals surface area (Å²) in [5, 5.41) is 3.18. The second-order valence-corrected chi connectivity index (χ2v) is 13.6. The molecule has 4 rings (SSSR count). The molecule has 1 atom stereocenters. The van der Waals surface area contributed by atoms with Gasteiger partial charge in [0.2, 0.25) is 11.8 Å². The summed E-state index contributed by atoms with van der Waals surface area (Å²) in [5.74, 6) is 0.310. The molecule has 11 nitrogen and oxygen atoms in total. The third-order valence-corrected chi connectivity index (χ3v) is 10.6. The van der Waals surface area contributed by atoms with Crippen LogP contribution < -0.4 is 28.6 Å². The number of amides is 2. The lowest BCUT2D eigenvalue weighted by molar-refractivity contribution is -0.140. The highest BCUT2D eigenvalue weighted by molar-refractivity contribution is 7.92. The Morgan fingerprint density at radius 2 is 1.52 bits per heavy atom. The summed E-state index contributed by atoms with van der Waals surface area (Å²) >= 11 is 0. The first kappa shape index (κ1) is 36.4. The summed E-state index contributed by atoms with van der Waals surface area (Å²) in [6, 6.07) is 15.8. The Bertz CT molecular complexity index is 1670. The second kappa shape index (κ2) is 16.6. The molecule has 260 valence electrons. The van der Waals surface area contributed by atoms with Crippen LogP contribution in [0.15, 0.2) is 65.6 Å². The number of sulfonamides is 1. The van der Waals surface area contributed by atoms with E-state index in [-0.39, 0.29) is 40.6 Å². The van der Waals surface area contributed by atoms with E-state index in [1.165, 1.54) is 57.6 Å². The van der Waals surface area contributed by atoms with Gasteiger partial charge >= 0.3 is 0 Å². The Labute approximate surface area is 284 Å². The predicted molar refractivity (Wildman–Crippen MR) is 184 cm³/mol. The third kappa shape index (κ3) is 8.33. The number of hydrogen-bond acceptors (Lipinski definition) is 8. The quantitative estimate of drug-likeness (QED) is 0.224. The summed E-state index contributed by atoms with van der Waals surface area (Å²) in [6.07, 6.45) is 5.33. The SMILES string of the molecule is CCC(C(=O)NC1CCCCC1)N(Cc1ccccc1C)C(=O)CN(c1cc(OC)ccc1OC)S(=O)(=O)c1ccc(OC)c(OC)c1. The topological polar surface area (TPSA) is 124 Å². The number of ether oxygens (including phenoxy) is 4. The van der Waals surface area contributed by atoms with Gasteiger partial charge in [-0.3, -0.25) is 13.9 Å². The van der Waals surface area contributed by atoms with E-state index in [2.05, 4.69) is 5.32 Å². The van der Waals surface area contributed by atoms with Gasteiger partial charge in [0.25, 0.3) is 10.0 Å². The van der Waals surface area contributed by atoms with Crippen molar-refractivity contribution >= 4 is 27.5 Å². The summed E-state index contributed by atoms with van der Waals surface area (Å²) in [7, 11) is 1.31. The lowest BCUT2D eigenvalue weighted by atomic mass is 9.95. The summed E-state index contributed by atoms with van der Waals surface area (Å²) in [4.78, 5) is 29.8. The number of nitrogens with one attached hydrogen (secondary N) is 1. The number of nitrogens with zero attached hydrogens (tertiary/aromatic N) is 2. The zero-order valence-electron chi connectivity index (χ0n) is 28.7. The van der Waals surface area contributed by atoms with E-state index in [0.717, 1.165) is 47.5 Å². The number of hydrogen-bond donors (Lipinski definition) is 1. The molecule has 3 aromatic carbocycles. The van der Waals surface area contributed by atoms with Crippen LogP contribution in [0, 0.1) is 6.92 Å². The molecule has 1 aliphatic carbocycles. The van der Waals surface area contributed by atoms with Crippen molar-refractivity contribution < 1.29 is 37.0 Å². The Balaban J connectivity index is 1.82. The average molecular weight is 682 g/mol. The zero-order valence-corrected chi connectivity index (χ0v) is 29.5. The number of carbonyl (C=O) groups excluding carboxylic acids is 2. The largest absolute Gasteiger partial charge is 0.497 e. The molecule has 1 unspecified atom stereocenters. The Morgan fingerprint density at radius 3 is 2.15 bits per heavy atom. The highest BCUT2D eigenvalue weighted by Gasteiger charge is 2.36. The van der Waals surface area contributed by atoms with Gasteiger partial charge in [-0.05, 0) is 61.6 Å². The van der Waals surface area contributed by atoms with E-state index in [0.29, 0.717) is 17.9 Å². The molecular weight excluding hydrogens is 634 g/mol. The molecule has 2 amide bonds. The lowest BCUT2D eigenvalue weighted by Crippen LogP contribution is -2.54. The van der Waals surface area contributed by atoms with Gasteiger partial charge in [0.15, 0.2) is 11.5 Å². The molecule has 0 aliphatic heterocycles. The third-order valence-electron chi connectivity index (χ3n) is 8.82. The minimum Gasteiger partial charge on any atom is -0.497 e. The van der Waals surface area contributed by atoms with Crippen LogP contribution in [0.2, 0.25) is 0 Å². The van der Waals surface area contributed by atoms with Gasteiger partial charge in [-0.1, -0.05) is 50.5 Å². The monoisotopic (exact) mass is 681 g/mol. The van der Waals surface area contributed by atoms with Crippen LogP contribution in [0.3, 0.4) is 0 Å². The van der Waals surface area contributed by atoms with Gasteiger partial charge in [0.1, 0.15) is 24.1 Å². The molecule has 1 aliphatic rings. The first-order chi connectivity index (χ1) is 23.1. The van der Waals surface area contributed by atoms with Crippen LogP contribution >= 0.6 is 0 Å². The maximum absolute atomic E-state index is 14.6. The molecule has 0 aromatic heterocycles. The minimum atomic E-state index is -4.44. The highest BCUT2D eigenvalue weighted by atomic mass is 32.2. The van der Waals surface area contributed by atoms with E-state index >= 15 is 0 Å². The van der Waals surface area contributed by atoms with E-state index in [4.69, 9.17) is 18.9 Å². The maximum atomic E-state index is 14.6. The number of rotatable bonds is 15. The van der Waals surface area contributed by atoms with Crippen molar-refractivity contribution in [1.82, 2.24) is 10.2 Å². The molecule has 3 aromatic rings. The fraction of sp³-hybridized carbons (Fsp3) is 0.444. The molecule has 1 saturated carbocycles. The van der Waals surface area contributed by atoms with Crippen molar-refractivity contribution in [2.75, 3.05) is 39.3 Å². The van der Waals surface area contributed by atoms with Gasteiger partial charge in [-0.25, -0.2) is 8.42 Å². The van der Waals surface area contributed by atoms with Crippen molar-refractivity contribution in [3.05, 3.63) is 71.8 Å². The average Bonchev–Trinajstić information content (AvgIpc) is 3.10. The first-order valence-electron chi connectivity index (χ1n) is 16.2. The van der Waals surface area contributed by atoms with Gasteiger partial charge in [-0.2, -0.15) is 0 Å². The second-order valence-electron chi connectivity index (χ2n) is 11.8. The summed E-state index contributed by atoms with van der Waals surface area (Å²) in [6.45, 7) is 3.28. The van der Waals surface area contributed by atoms with Crippen molar-refractivity contribution in [3.8, 4) is 23.0 Å². The molecule has 1 N–H and O–H groups in total. The van der Waals surface area contributed by atoms with E-state index in [1.807, 2.05) is 38.1 Å². The van der Waals surface area contributed by atoms with Crippen molar-refractivity contribution in [2.24, 2.45) is 0 Å². The Hall–Kier alpha value is -4.45. The molecule has 48 heavy (non-hydrogen) atoms. The minimum absolute atomic E-state index is 0.0405. The molecular formula is C36H47N3O8S. The van der Waals surface area contributed by atoms with Crippen LogP contribution in [-0.2, 0) is 26.2 Å².